The molecule has 3 aromatic rings. The third kappa shape index (κ3) is 3.86. The lowest BCUT2D eigenvalue weighted by Crippen LogP contribution is -2.04. The standard InChI is InChI=1S/C19H21N3O2S/c1-3-22-18(15-11-7-8-12-17(15)24-2)20-21-19(22)25-13-16(23)14-9-5-4-6-10-14/h4-12,16,23H,3,13H2,1-2H3/t16-/m1/s1. The molecule has 0 saturated carbocycles. The zero-order valence-corrected chi connectivity index (χ0v) is 15.1. The van der Waals surface area contributed by atoms with Crippen molar-refractivity contribution in [3.63, 3.8) is 0 Å². The van der Waals surface area contributed by atoms with Crippen LogP contribution < -0.4 is 4.74 Å². The predicted molar refractivity (Wildman–Crippen MR) is 99.8 cm³/mol. The second kappa shape index (κ2) is 8.18. The predicted octanol–water partition coefficient (Wildman–Crippen LogP) is 3.80. The van der Waals surface area contributed by atoms with Gasteiger partial charge >= 0.3 is 0 Å². The maximum Gasteiger partial charge on any atom is 0.191 e. The smallest absolute Gasteiger partial charge is 0.191 e. The Bertz CT molecular complexity index is 821. The molecule has 0 aliphatic heterocycles. The van der Waals surface area contributed by atoms with Gasteiger partial charge in [0.15, 0.2) is 11.0 Å². The number of rotatable bonds is 7. The van der Waals surface area contributed by atoms with Crippen molar-refractivity contribution >= 4 is 11.8 Å². The highest BCUT2D eigenvalue weighted by Gasteiger charge is 2.17. The van der Waals surface area contributed by atoms with Gasteiger partial charge < -0.3 is 14.4 Å². The van der Waals surface area contributed by atoms with Crippen molar-refractivity contribution in [1.82, 2.24) is 14.8 Å². The maximum atomic E-state index is 10.4. The van der Waals surface area contributed by atoms with Crippen molar-refractivity contribution in [2.45, 2.75) is 24.7 Å². The van der Waals surface area contributed by atoms with E-state index in [1.54, 1.807) is 7.11 Å². The van der Waals surface area contributed by atoms with Crippen LogP contribution in [0, 0.1) is 0 Å². The zero-order valence-electron chi connectivity index (χ0n) is 14.3. The monoisotopic (exact) mass is 355 g/mol. The number of nitrogens with zero attached hydrogens (tertiary/aromatic N) is 3. The van der Waals surface area contributed by atoms with Crippen LogP contribution in [0.2, 0.25) is 0 Å². The SMILES string of the molecule is CCn1c(SC[C@@H](O)c2ccccc2)nnc1-c1ccccc1OC. The Morgan fingerprint density at radius 2 is 1.80 bits per heavy atom. The van der Waals surface area contributed by atoms with E-state index in [-0.39, 0.29) is 0 Å². The molecule has 0 radical (unpaired) electrons. The number of aliphatic hydroxyl groups excluding tert-OH is 1. The molecule has 0 saturated heterocycles. The Kier molecular flexibility index (Phi) is 5.73. The van der Waals surface area contributed by atoms with E-state index in [4.69, 9.17) is 4.74 Å². The highest BCUT2D eigenvalue weighted by molar-refractivity contribution is 7.99. The molecule has 0 unspecified atom stereocenters. The quantitative estimate of drug-likeness (QED) is 0.653. The van der Waals surface area contributed by atoms with Crippen LogP contribution in [0.4, 0.5) is 0 Å². The number of benzene rings is 2. The van der Waals surface area contributed by atoms with E-state index in [0.29, 0.717) is 5.75 Å². The molecule has 0 spiro atoms. The summed E-state index contributed by atoms with van der Waals surface area (Å²) in [5.74, 6) is 2.07. The van der Waals surface area contributed by atoms with Gasteiger partial charge in [-0.25, -0.2) is 0 Å². The molecule has 0 aliphatic rings. The highest BCUT2D eigenvalue weighted by atomic mass is 32.2. The first-order valence-corrected chi connectivity index (χ1v) is 9.15. The Labute approximate surface area is 151 Å². The molecule has 0 fully saturated rings. The van der Waals surface area contributed by atoms with Crippen molar-refractivity contribution in [3.05, 3.63) is 60.2 Å². The highest BCUT2D eigenvalue weighted by Crippen LogP contribution is 2.31. The fourth-order valence-electron chi connectivity index (χ4n) is 2.63. The number of aliphatic hydroxyl groups is 1. The fraction of sp³-hybridized carbons (Fsp3) is 0.263. The van der Waals surface area contributed by atoms with Gasteiger partial charge in [-0.15, -0.1) is 10.2 Å². The molecule has 1 atom stereocenters. The van der Waals surface area contributed by atoms with Crippen LogP contribution in [-0.4, -0.2) is 32.7 Å². The molecule has 0 bridgehead atoms. The van der Waals surface area contributed by atoms with E-state index in [2.05, 4.69) is 17.1 Å². The van der Waals surface area contributed by atoms with Gasteiger partial charge in [0.25, 0.3) is 0 Å². The first-order chi connectivity index (χ1) is 12.2. The molecule has 2 aromatic carbocycles. The average molecular weight is 355 g/mol. The van der Waals surface area contributed by atoms with Crippen molar-refractivity contribution in [1.29, 1.82) is 0 Å². The summed E-state index contributed by atoms with van der Waals surface area (Å²) in [5, 5.41) is 19.8. The molecule has 1 aromatic heterocycles. The lowest BCUT2D eigenvalue weighted by Gasteiger charge is -2.12. The summed E-state index contributed by atoms with van der Waals surface area (Å²) in [4.78, 5) is 0. The Balaban J connectivity index is 1.81. The van der Waals surface area contributed by atoms with Gasteiger partial charge in [0.2, 0.25) is 0 Å². The minimum absolute atomic E-state index is 0.522. The van der Waals surface area contributed by atoms with Gasteiger partial charge in [-0.1, -0.05) is 54.2 Å². The van der Waals surface area contributed by atoms with Crippen LogP contribution in [0.15, 0.2) is 59.8 Å². The number of hydrogen-bond acceptors (Lipinski definition) is 5. The van der Waals surface area contributed by atoms with E-state index in [1.807, 2.05) is 59.2 Å². The molecular weight excluding hydrogens is 334 g/mol. The van der Waals surface area contributed by atoms with E-state index < -0.39 is 6.10 Å². The first-order valence-electron chi connectivity index (χ1n) is 8.17. The zero-order chi connectivity index (χ0) is 17.6. The third-order valence-corrected chi connectivity index (χ3v) is 4.98. The van der Waals surface area contributed by atoms with Gasteiger partial charge in [0, 0.05) is 12.3 Å². The second-order valence-corrected chi connectivity index (χ2v) is 6.48. The molecule has 1 heterocycles. The normalized spacial score (nSPS) is 12.1. The molecule has 6 heteroatoms. The number of aromatic nitrogens is 3. The molecule has 130 valence electrons. The van der Waals surface area contributed by atoms with E-state index in [9.17, 15) is 5.11 Å². The van der Waals surface area contributed by atoms with Gasteiger partial charge in [-0.2, -0.15) is 0 Å². The second-order valence-electron chi connectivity index (χ2n) is 5.49. The minimum atomic E-state index is -0.539. The summed E-state index contributed by atoms with van der Waals surface area (Å²) in [7, 11) is 1.65. The molecule has 3 rings (SSSR count). The largest absolute Gasteiger partial charge is 0.496 e. The molecule has 5 nitrogen and oxygen atoms in total. The van der Waals surface area contributed by atoms with Crippen molar-refractivity contribution in [3.8, 4) is 17.1 Å². The maximum absolute atomic E-state index is 10.4. The summed E-state index contributed by atoms with van der Waals surface area (Å²) in [6, 6.07) is 17.4. The summed E-state index contributed by atoms with van der Waals surface area (Å²) in [5.41, 5.74) is 1.82. The van der Waals surface area contributed by atoms with Crippen molar-refractivity contribution < 1.29 is 9.84 Å². The Morgan fingerprint density at radius 3 is 2.52 bits per heavy atom. The number of para-hydroxylation sites is 1. The molecule has 25 heavy (non-hydrogen) atoms. The van der Waals surface area contributed by atoms with Gasteiger partial charge in [0.1, 0.15) is 5.75 Å². The van der Waals surface area contributed by atoms with Gasteiger partial charge in [-0.3, -0.25) is 0 Å². The van der Waals surface area contributed by atoms with Gasteiger partial charge in [0.05, 0.1) is 18.8 Å². The van der Waals surface area contributed by atoms with Crippen molar-refractivity contribution in [2.24, 2.45) is 0 Å². The lowest BCUT2D eigenvalue weighted by molar-refractivity contribution is 0.204. The van der Waals surface area contributed by atoms with Crippen LogP contribution >= 0.6 is 11.8 Å². The van der Waals surface area contributed by atoms with E-state index in [0.717, 1.165) is 34.4 Å². The Hall–Kier alpha value is -2.31. The summed E-state index contributed by atoms with van der Waals surface area (Å²) >= 11 is 1.50. The molecule has 0 amide bonds. The van der Waals surface area contributed by atoms with E-state index >= 15 is 0 Å². The summed E-state index contributed by atoms with van der Waals surface area (Å²) in [6.07, 6.45) is -0.539. The number of methoxy groups -OCH3 is 1. The number of ether oxygens (including phenoxy) is 1. The summed E-state index contributed by atoms with van der Waals surface area (Å²) < 4.78 is 7.48. The van der Waals surface area contributed by atoms with Crippen LogP contribution in [0.3, 0.4) is 0 Å². The Morgan fingerprint density at radius 1 is 1.08 bits per heavy atom. The molecule has 1 N–H and O–H groups in total. The minimum Gasteiger partial charge on any atom is -0.496 e. The van der Waals surface area contributed by atoms with Crippen LogP contribution in [-0.2, 0) is 6.54 Å². The molecule has 0 aliphatic carbocycles. The van der Waals surface area contributed by atoms with Crippen LogP contribution in [0.1, 0.15) is 18.6 Å². The lowest BCUT2D eigenvalue weighted by atomic mass is 10.1. The number of thioether (sulfide) groups is 1. The van der Waals surface area contributed by atoms with Crippen molar-refractivity contribution in [2.75, 3.05) is 12.9 Å². The average Bonchev–Trinajstić information content (AvgIpc) is 3.09. The fourth-order valence-corrected chi connectivity index (χ4v) is 3.60. The van der Waals surface area contributed by atoms with Crippen LogP contribution in [0.25, 0.3) is 11.4 Å². The van der Waals surface area contributed by atoms with E-state index in [1.165, 1.54) is 11.8 Å². The van der Waals surface area contributed by atoms with Crippen LogP contribution in [0.5, 0.6) is 5.75 Å². The first kappa shape index (κ1) is 17.5. The summed E-state index contributed by atoms with van der Waals surface area (Å²) in [6.45, 7) is 2.80. The number of hydrogen-bond donors (Lipinski definition) is 1. The molecular formula is C19H21N3O2S. The van der Waals surface area contributed by atoms with Gasteiger partial charge in [-0.05, 0) is 24.6 Å². The topological polar surface area (TPSA) is 60.2 Å². The third-order valence-electron chi connectivity index (χ3n) is 3.94.